The fourth-order valence-corrected chi connectivity index (χ4v) is 2.62. The first kappa shape index (κ1) is 15.4. The second kappa shape index (κ2) is 7.15. The van der Waals surface area contributed by atoms with E-state index in [1.54, 1.807) is 6.20 Å². The lowest BCUT2D eigenvalue weighted by molar-refractivity contribution is 0.441. The van der Waals surface area contributed by atoms with Gasteiger partial charge in [0.05, 0.1) is 5.69 Å². The van der Waals surface area contributed by atoms with Crippen LogP contribution in [0, 0.1) is 0 Å². The Labute approximate surface area is 134 Å². The van der Waals surface area contributed by atoms with Gasteiger partial charge >= 0.3 is 5.69 Å². The lowest BCUT2D eigenvalue weighted by Gasteiger charge is -2.32. The molecule has 0 aliphatic carbocycles. The predicted octanol–water partition coefficient (Wildman–Crippen LogP) is 0.918. The quantitative estimate of drug-likeness (QED) is 0.873. The Morgan fingerprint density at radius 2 is 2.04 bits per heavy atom. The summed E-state index contributed by atoms with van der Waals surface area (Å²) >= 11 is 0. The van der Waals surface area contributed by atoms with Crippen molar-refractivity contribution in [1.82, 2.24) is 25.5 Å². The third-order valence-corrected chi connectivity index (χ3v) is 4.03. The van der Waals surface area contributed by atoms with Crippen LogP contribution in [-0.4, -0.2) is 46.3 Å². The number of nitrogens with one attached hydrogen (secondary N) is 2. The van der Waals surface area contributed by atoms with Crippen molar-refractivity contribution in [3.8, 4) is 0 Å². The molecule has 0 bridgehead atoms. The number of aromatic amines is 1. The lowest BCUT2D eigenvalue weighted by Crippen LogP contribution is -2.41. The third-order valence-electron chi connectivity index (χ3n) is 4.03. The van der Waals surface area contributed by atoms with E-state index in [-0.39, 0.29) is 5.69 Å². The molecule has 7 nitrogen and oxygen atoms in total. The van der Waals surface area contributed by atoms with Crippen LogP contribution < -0.4 is 15.9 Å². The van der Waals surface area contributed by atoms with Crippen LogP contribution in [0.4, 0.5) is 5.82 Å². The predicted molar refractivity (Wildman–Crippen MR) is 90.1 cm³/mol. The molecule has 3 heterocycles. The normalized spacial score (nSPS) is 15.9. The third kappa shape index (κ3) is 4.01. The average Bonchev–Trinajstić information content (AvgIpc) is 2.62. The number of hydrogen-bond donors (Lipinski definition) is 2. The van der Waals surface area contributed by atoms with E-state index in [0.717, 1.165) is 43.0 Å². The van der Waals surface area contributed by atoms with E-state index >= 15 is 0 Å². The van der Waals surface area contributed by atoms with E-state index < -0.39 is 0 Å². The molecule has 2 aromatic rings. The number of rotatable bonds is 4. The van der Waals surface area contributed by atoms with Crippen molar-refractivity contribution < 1.29 is 0 Å². The molecule has 0 radical (unpaired) electrons. The minimum absolute atomic E-state index is 0.354. The first-order valence-electron chi connectivity index (χ1n) is 7.72. The Bertz CT molecular complexity index is 698. The summed E-state index contributed by atoms with van der Waals surface area (Å²) in [5, 5.41) is 11.9. The van der Waals surface area contributed by atoms with Gasteiger partial charge in [0.1, 0.15) is 0 Å². The van der Waals surface area contributed by atoms with Gasteiger partial charge in [-0.1, -0.05) is 0 Å². The highest BCUT2D eigenvalue weighted by atomic mass is 16.1. The van der Waals surface area contributed by atoms with Crippen LogP contribution in [-0.2, 0) is 0 Å². The van der Waals surface area contributed by atoms with Crippen LogP contribution in [0.3, 0.4) is 0 Å². The van der Waals surface area contributed by atoms with E-state index in [2.05, 4.69) is 37.4 Å². The van der Waals surface area contributed by atoms with Gasteiger partial charge in [0.25, 0.3) is 0 Å². The highest BCUT2D eigenvalue weighted by molar-refractivity contribution is 5.67. The van der Waals surface area contributed by atoms with Gasteiger partial charge in [-0.15, -0.1) is 10.2 Å². The van der Waals surface area contributed by atoms with Gasteiger partial charge in [0, 0.05) is 31.0 Å². The monoisotopic (exact) mass is 312 g/mol. The smallest absolute Gasteiger partial charge is 0.344 e. The molecule has 2 N–H and O–H groups in total. The number of nitrogens with zero attached hydrogens (tertiary/aromatic N) is 4. The molecule has 3 rings (SSSR count). The van der Waals surface area contributed by atoms with Crippen LogP contribution in [0.1, 0.15) is 24.1 Å². The first-order valence-corrected chi connectivity index (χ1v) is 7.72. The van der Waals surface area contributed by atoms with Gasteiger partial charge in [-0.2, -0.15) is 0 Å². The van der Waals surface area contributed by atoms with Crippen LogP contribution in [0.15, 0.2) is 29.3 Å². The number of anilines is 1. The van der Waals surface area contributed by atoms with Gasteiger partial charge < -0.3 is 15.2 Å². The molecule has 0 atom stereocenters. The van der Waals surface area contributed by atoms with Gasteiger partial charge in [-0.25, -0.2) is 9.78 Å². The summed E-state index contributed by atoms with van der Waals surface area (Å²) in [4.78, 5) is 19.3. The summed E-state index contributed by atoms with van der Waals surface area (Å²) in [5.74, 6) is 0.889. The molecule has 1 aliphatic heterocycles. The molecule has 23 heavy (non-hydrogen) atoms. The number of hydrogen-bond acceptors (Lipinski definition) is 6. The molecular formula is C16H20N6O. The second-order valence-corrected chi connectivity index (χ2v) is 5.59. The average molecular weight is 312 g/mol. The summed E-state index contributed by atoms with van der Waals surface area (Å²) < 4.78 is 0. The molecule has 1 fully saturated rings. The molecule has 0 spiro atoms. The van der Waals surface area contributed by atoms with Crippen LogP contribution in [0.5, 0.6) is 0 Å². The van der Waals surface area contributed by atoms with Crippen LogP contribution in [0.25, 0.3) is 12.2 Å². The Hall–Kier alpha value is -2.54. The van der Waals surface area contributed by atoms with Crippen molar-refractivity contribution >= 4 is 18.0 Å². The molecule has 120 valence electrons. The van der Waals surface area contributed by atoms with Crippen molar-refractivity contribution in [2.45, 2.75) is 18.9 Å². The van der Waals surface area contributed by atoms with E-state index in [0.29, 0.717) is 6.04 Å². The maximum atomic E-state index is 10.9. The Kier molecular flexibility index (Phi) is 4.77. The zero-order valence-corrected chi connectivity index (χ0v) is 13.1. The summed E-state index contributed by atoms with van der Waals surface area (Å²) in [6, 6.07) is 4.44. The molecule has 2 aromatic heterocycles. The number of H-pyrrole nitrogens is 1. The SMILES string of the molecule is CN(c1ccc(/C=C/c2cnc(=O)[nH]c2)nn1)C1CCNCC1. The van der Waals surface area contributed by atoms with Gasteiger partial charge in [0.15, 0.2) is 5.82 Å². The highest BCUT2D eigenvalue weighted by Gasteiger charge is 2.18. The summed E-state index contributed by atoms with van der Waals surface area (Å²) in [6.07, 6.45) is 9.05. The molecular weight excluding hydrogens is 292 g/mol. The molecule has 1 aliphatic rings. The number of piperidine rings is 1. The van der Waals surface area contributed by atoms with Crippen molar-refractivity contribution in [3.05, 3.63) is 46.3 Å². The van der Waals surface area contributed by atoms with Crippen molar-refractivity contribution in [3.63, 3.8) is 0 Å². The Morgan fingerprint density at radius 3 is 2.70 bits per heavy atom. The van der Waals surface area contributed by atoms with Crippen LogP contribution in [0.2, 0.25) is 0 Å². The number of aromatic nitrogens is 4. The van der Waals surface area contributed by atoms with Crippen molar-refractivity contribution in [2.75, 3.05) is 25.0 Å². The molecule has 7 heteroatoms. The lowest BCUT2D eigenvalue weighted by atomic mass is 10.1. The van der Waals surface area contributed by atoms with Gasteiger partial charge in [-0.3, -0.25) is 0 Å². The van der Waals surface area contributed by atoms with Gasteiger partial charge in [0.2, 0.25) is 0 Å². The van der Waals surface area contributed by atoms with Crippen LogP contribution >= 0.6 is 0 Å². The standard InChI is InChI=1S/C16H20N6O/c1-22(14-6-8-17-9-7-14)15-5-4-13(20-21-15)3-2-12-10-18-16(23)19-11-12/h2-5,10-11,14,17H,6-9H2,1H3,(H,18,19,23)/b3-2+. The molecule has 1 saturated heterocycles. The van der Waals surface area contributed by atoms with E-state index in [1.165, 1.54) is 6.20 Å². The fourth-order valence-electron chi connectivity index (χ4n) is 2.62. The Balaban J connectivity index is 1.66. The van der Waals surface area contributed by atoms with E-state index in [1.807, 2.05) is 24.3 Å². The maximum Gasteiger partial charge on any atom is 0.344 e. The molecule has 0 amide bonds. The minimum Gasteiger partial charge on any atom is -0.355 e. The minimum atomic E-state index is -0.354. The van der Waals surface area contributed by atoms with Crippen molar-refractivity contribution in [1.29, 1.82) is 0 Å². The van der Waals surface area contributed by atoms with Gasteiger partial charge in [-0.05, 0) is 50.2 Å². The highest BCUT2D eigenvalue weighted by Crippen LogP contribution is 2.17. The first-order chi connectivity index (χ1) is 11.2. The van der Waals surface area contributed by atoms with E-state index in [9.17, 15) is 4.79 Å². The second-order valence-electron chi connectivity index (χ2n) is 5.59. The zero-order chi connectivity index (χ0) is 16.1. The molecule has 0 aromatic carbocycles. The fraction of sp³-hybridized carbons (Fsp3) is 0.375. The molecule has 0 unspecified atom stereocenters. The maximum absolute atomic E-state index is 10.9. The summed E-state index contributed by atoms with van der Waals surface area (Å²) in [7, 11) is 2.07. The largest absolute Gasteiger partial charge is 0.355 e. The Morgan fingerprint density at radius 1 is 1.22 bits per heavy atom. The summed E-state index contributed by atoms with van der Waals surface area (Å²) in [6.45, 7) is 2.10. The van der Waals surface area contributed by atoms with Crippen molar-refractivity contribution in [2.24, 2.45) is 0 Å². The zero-order valence-electron chi connectivity index (χ0n) is 13.1. The van der Waals surface area contributed by atoms with E-state index in [4.69, 9.17) is 0 Å². The topological polar surface area (TPSA) is 86.8 Å². The summed E-state index contributed by atoms with van der Waals surface area (Å²) in [5.41, 5.74) is 1.22. The molecule has 0 saturated carbocycles.